The van der Waals surface area contributed by atoms with Gasteiger partial charge in [-0.25, -0.2) is 4.85 Å². The van der Waals surface area contributed by atoms with Crippen molar-refractivity contribution in [2.24, 2.45) is 0 Å². The molecule has 26 rings (SSSR count). The molecule has 6 heteroatoms. The molecule has 5 nitrogen and oxygen atoms in total. The zero-order chi connectivity index (χ0) is 88.8. The molecule has 0 saturated carbocycles. The van der Waals surface area contributed by atoms with Crippen LogP contribution in [0.4, 0.5) is 5.69 Å². The van der Waals surface area contributed by atoms with Gasteiger partial charge < -0.3 is 18.3 Å². The maximum absolute atomic E-state index is 7.62. The second-order valence-electron chi connectivity index (χ2n) is 35.2. The highest BCUT2D eigenvalue weighted by atomic mass is 28.3. The van der Waals surface area contributed by atoms with Gasteiger partial charge in [-0.05, 0) is 237 Å². The lowest BCUT2D eigenvalue weighted by atomic mass is 9.67. The normalized spacial score (nSPS) is 12.2. The lowest BCUT2D eigenvalue weighted by Crippen LogP contribution is -2.74. The molecule has 626 valence electrons. The van der Waals surface area contributed by atoms with Gasteiger partial charge in [0.15, 0.2) is 13.8 Å². The summed E-state index contributed by atoms with van der Waals surface area (Å²) in [5, 5.41) is 15.3. The molecule has 1 aliphatic carbocycles. The number of para-hydroxylation sites is 4. The van der Waals surface area contributed by atoms with Gasteiger partial charge in [-0.3, -0.25) is 0 Å². The quantitative estimate of drug-likeness (QED) is 0.0555. The molecule has 0 saturated heterocycles. The monoisotopic (exact) mass is 1720 g/mol. The van der Waals surface area contributed by atoms with E-state index in [0.29, 0.717) is 5.69 Å². The molecule has 4 heterocycles. The van der Waals surface area contributed by atoms with E-state index in [1.54, 1.807) is 0 Å². The molecular weight excluding hydrogens is 1640 g/mol. The number of fused-ring (bicyclic) bond motifs is 15. The Kier molecular flexibility index (Phi) is 19.2. The van der Waals surface area contributed by atoms with Crippen LogP contribution in [0.5, 0.6) is 0 Å². The Morgan fingerprint density at radius 3 is 0.843 bits per heavy atom. The number of hydrogen-bond donors (Lipinski definition) is 0. The predicted molar refractivity (Wildman–Crippen MR) is 565 cm³/mol. The third-order valence-corrected chi connectivity index (χ3v) is 32.9. The standard InChI is InChI=1S/C66H46N2Si.C62H39N3/c1-5-17-47(18-6-1)48-29-37-53(38-30-48)67-63-27-15-13-25-59(63)61-45-51(35-43-65(61)67)52-36-44-66-62(46-52)60-26-14-16-28-64(60)68(66)54-39-31-49(32-40-54)50-33-41-58(42-34-50)69(55-19-7-2-8-20-55,56-21-9-3-10-22-56)57-23-11-4-12-24-57;1-63-47-19-14-20-49(40-47)65-59-26-13-10-23-52(59)55-39-44(31-36-61(55)65)43-30-35-60-54(38-43)51-22-9-12-25-58(51)64(60)48-32-27-41(28-33-48)42-29-34-57-53(37-42)50-21-8-11-24-56(50)62(57,45-15-4-2-5-16-45)46-17-6-3-7-18-46/h1-46H;2-40H. The van der Waals surface area contributed by atoms with Gasteiger partial charge in [0.05, 0.1) is 56.1 Å². The first-order chi connectivity index (χ1) is 66.4. The molecule has 0 aliphatic heterocycles. The van der Waals surface area contributed by atoms with E-state index in [4.69, 9.17) is 6.57 Å². The van der Waals surface area contributed by atoms with Gasteiger partial charge in [0.25, 0.3) is 0 Å². The van der Waals surface area contributed by atoms with E-state index in [2.05, 4.69) is 521 Å². The number of benzene rings is 21. The molecule has 0 radical (unpaired) electrons. The Morgan fingerprint density at radius 2 is 0.455 bits per heavy atom. The van der Waals surface area contributed by atoms with Gasteiger partial charge in [0.1, 0.15) is 0 Å². The van der Waals surface area contributed by atoms with Crippen molar-refractivity contribution in [3.8, 4) is 89.5 Å². The van der Waals surface area contributed by atoms with Crippen molar-refractivity contribution >= 4 is 122 Å². The van der Waals surface area contributed by atoms with Gasteiger partial charge in [0, 0.05) is 65.8 Å². The fraction of sp³-hybridized carbons (Fsp3) is 0.00781. The highest BCUT2D eigenvalue weighted by molar-refractivity contribution is 7.19. The highest BCUT2D eigenvalue weighted by Crippen LogP contribution is 2.57. The van der Waals surface area contributed by atoms with Crippen molar-refractivity contribution in [1.82, 2.24) is 18.3 Å². The molecule has 0 amide bonds. The number of aromatic nitrogens is 4. The van der Waals surface area contributed by atoms with E-state index >= 15 is 0 Å². The van der Waals surface area contributed by atoms with E-state index in [9.17, 15) is 0 Å². The maximum Gasteiger partial charge on any atom is 0.189 e. The minimum Gasteiger partial charge on any atom is -0.311 e. The number of hydrogen-bond acceptors (Lipinski definition) is 0. The van der Waals surface area contributed by atoms with Crippen molar-refractivity contribution in [2.75, 3.05) is 0 Å². The molecule has 25 aromatic rings. The Hall–Kier alpha value is -17.5. The van der Waals surface area contributed by atoms with Gasteiger partial charge in [-0.15, -0.1) is 0 Å². The molecule has 4 aromatic heterocycles. The summed E-state index contributed by atoms with van der Waals surface area (Å²) < 4.78 is 9.49. The lowest BCUT2D eigenvalue weighted by Gasteiger charge is -2.34. The van der Waals surface area contributed by atoms with E-state index < -0.39 is 13.5 Å². The molecule has 0 atom stereocenters. The van der Waals surface area contributed by atoms with Crippen molar-refractivity contribution in [2.45, 2.75) is 5.41 Å². The fourth-order valence-corrected chi connectivity index (χ4v) is 26.8. The Labute approximate surface area is 778 Å². The first kappa shape index (κ1) is 78.8. The molecule has 0 bridgehead atoms. The molecule has 134 heavy (non-hydrogen) atoms. The topological polar surface area (TPSA) is 24.1 Å². The second-order valence-corrected chi connectivity index (χ2v) is 39.0. The average molecular weight is 1720 g/mol. The third-order valence-electron chi connectivity index (χ3n) is 28.1. The maximum atomic E-state index is 7.62. The largest absolute Gasteiger partial charge is 0.311 e. The van der Waals surface area contributed by atoms with E-state index in [-0.39, 0.29) is 0 Å². The van der Waals surface area contributed by atoms with Crippen LogP contribution in [0.3, 0.4) is 0 Å². The Bertz CT molecular complexity index is 8740. The molecule has 1 aliphatic rings. The van der Waals surface area contributed by atoms with Crippen LogP contribution >= 0.6 is 0 Å². The lowest BCUT2D eigenvalue weighted by molar-refractivity contribution is 0.768. The summed E-state index contributed by atoms with van der Waals surface area (Å²) in [4.78, 5) is 3.71. The van der Waals surface area contributed by atoms with Crippen LogP contribution in [0.15, 0.2) is 516 Å². The Morgan fingerprint density at radius 1 is 0.179 bits per heavy atom. The summed E-state index contributed by atoms with van der Waals surface area (Å²) in [6, 6.07) is 189. The van der Waals surface area contributed by atoms with Crippen LogP contribution in [0.2, 0.25) is 0 Å². The van der Waals surface area contributed by atoms with Gasteiger partial charge >= 0.3 is 0 Å². The number of nitrogens with zero attached hydrogens (tertiary/aromatic N) is 5. The summed E-state index contributed by atoms with van der Waals surface area (Å²) >= 11 is 0. The van der Waals surface area contributed by atoms with Crippen molar-refractivity contribution in [3.05, 3.63) is 549 Å². The summed E-state index contributed by atoms with van der Waals surface area (Å²) in [7, 11) is -2.60. The van der Waals surface area contributed by atoms with E-state index in [0.717, 1.165) is 33.8 Å². The second kappa shape index (κ2) is 32.6. The van der Waals surface area contributed by atoms with Crippen molar-refractivity contribution < 1.29 is 0 Å². The summed E-state index contributed by atoms with van der Waals surface area (Å²) in [5.74, 6) is 0. The van der Waals surface area contributed by atoms with E-state index in [1.165, 1.54) is 186 Å². The smallest absolute Gasteiger partial charge is 0.189 e. The highest BCUT2D eigenvalue weighted by Gasteiger charge is 2.46. The average Bonchev–Trinajstić information content (AvgIpc) is 1.53. The van der Waals surface area contributed by atoms with Crippen molar-refractivity contribution in [1.29, 1.82) is 0 Å². The van der Waals surface area contributed by atoms with Crippen LogP contribution in [0.25, 0.3) is 182 Å². The number of rotatable bonds is 15. The minimum absolute atomic E-state index is 0.409. The summed E-state index contributed by atoms with van der Waals surface area (Å²) in [5.41, 5.74) is 33.8. The summed E-state index contributed by atoms with van der Waals surface area (Å²) in [6.07, 6.45) is 0. The van der Waals surface area contributed by atoms with Crippen LogP contribution in [-0.4, -0.2) is 26.3 Å². The zero-order valence-corrected chi connectivity index (χ0v) is 74.3. The fourth-order valence-electron chi connectivity index (χ4n) is 22.1. The molecule has 21 aromatic carbocycles. The summed E-state index contributed by atoms with van der Waals surface area (Å²) in [6.45, 7) is 7.62. The molecule has 0 N–H and O–H groups in total. The predicted octanol–water partition coefficient (Wildman–Crippen LogP) is 30.4. The molecule has 0 spiro atoms. The third kappa shape index (κ3) is 12.9. The van der Waals surface area contributed by atoms with Gasteiger partial charge in [0.2, 0.25) is 0 Å². The van der Waals surface area contributed by atoms with Crippen LogP contribution in [-0.2, 0) is 5.41 Å². The molecule has 0 unspecified atom stereocenters. The van der Waals surface area contributed by atoms with Gasteiger partial charge in [-0.1, -0.05) is 388 Å². The SMILES string of the molecule is [C-]#[N+]c1cccc(-n2c3ccccc3c3cc(-c4ccc5c(c4)c4ccccc4n5-c4ccc(-c5ccc6c(c5)-c5ccccc5C6(c5ccccc5)c5ccccc5)cc4)ccc32)c1.c1ccc(-c2ccc(-n3c4ccccc4c4cc(-c5ccc6c(c5)c5ccccc5n6-c5ccc(-c6ccc([Si](c7ccccc7)(c7ccccc7)c7ccccc7)cc6)cc5)ccc43)cc2)cc1. The Balaban J connectivity index is 0.000000144. The van der Waals surface area contributed by atoms with Gasteiger partial charge in [-0.2, -0.15) is 0 Å². The van der Waals surface area contributed by atoms with Crippen molar-refractivity contribution in [3.63, 3.8) is 0 Å². The van der Waals surface area contributed by atoms with Crippen LogP contribution in [0, 0.1) is 6.57 Å². The molecule has 0 fully saturated rings. The first-order valence-corrected chi connectivity index (χ1v) is 48.0. The first-order valence-electron chi connectivity index (χ1n) is 46.0. The van der Waals surface area contributed by atoms with E-state index in [1.807, 2.05) is 18.2 Å². The zero-order valence-electron chi connectivity index (χ0n) is 73.3. The molecular formula is C128H85N5Si. The minimum atomic E-state index is -2.60. The van der Waals surface area contributed by atoms with Crippen LogP contribution in [0.1, 0.15) is 22.3 Å². The van der Waals surface area contributed by atoms with Crippen LogP contribution < -0.4 is 20.7 Å².